The highest BCUT2D eigenvalue weighted by Crippen LogP contribution is 1.49. The third-order valence-electron chi connectivity index (χ3n) is 0.262. The Morgan fingerprint density at radius 2 is 2.33 bits per heavy atom. The molecule has 0 fully saturated rings. The fourth-order valence-corrected chi connectivity index (χ4v) is 0.0417. The number of carbonyl (C=O) groups excluding carboxylic acids is 1. The van der Waals surface area contributed by atoms with Crippen LogP contribution in [-0.4, -0.2) is 5.91 Å². The molecule has 0 saturated carbocycles. The number of hydrogen-bond acceptors (Lipinski definition) is 1. The minimum Gasteiger partial charge on any atom is -0.338 e. The average Bonchev–Trinajstić information content (AvgIpc) is 1.65. The van der Waals surface area contributed by atoms with Gasteiger partial charge in [0.05, 0.1) is 7.05 Å². The standard InChI is InChI=1S/C4H3NO/c1-3-4(6)5-2/h1-2H,(H,5,6). The summed E-state index contributed by atoms with van der Waals surface area (Å²) in [7, 11) is 4.54. The molecule has 0 bridgehead atoms. The van der Waals surface area contributed by atoms with E-state index in [0.29, 0.717) is 0 Å². The Labute approximate surface area is 36.5 Å². The molecule has 0 aliphatic rings. The van der Waals surface area contributed by atoms with Gasteiger partial charge in [-0.05, 0) is 5.92 Å². The lowest BCUT2D eigenvalue weighted by atomic mass is 10.6. The van der Waals surface area contributed by atoms with E-state index in [0.717, 1.165) is 0 Å². The van der Waals surface area contributed by atoms with Crippen LogP contribution in [0.15, 0.2) is 0 Å². The van der Waals surface area contributed by atoms with E-state index >= 15 is 0 Å². The fourth-order valence-electron chi connectivity index (χ4n) is 0.0417. The molecule has 0 aromatic carbocycles. The molecule has 0 spiro atoms. The van der Waals surface area contributed by atoms with Gasteiger partial charge in [-0.25, -0.2) is 0 Å². The van der Waals surface area contributed by atoms with Crippen molar-refractivity contribution in [2.75, 3.05) is 0 Å². The van der Waals surface area contributed by atoms with Gasteiger partial charge in [-0.15, -0.1) is 6.42 Å². The second kappa shape index (κ2) is 2.28. The molecule has 1 amide bonds. The summed E-state index contributed by atoms with van der Waals surface area (Å²) in [5.41, 5.74) is 0. The van der Waals surface area contributed by atoms with Gasteiger partial charge in [-0.1, -0.05) is 0 Å². The molecule has 2 heteroatoms. The SMILES string of the molecule is [CH]NC(=O)C#C. The summed E-state index contributed by atoms with van der Waals surface area (Å²) in [5, 5.41) is 1.74. The zero-order valence-corrected chi connectivity index (χ0v) is 3.06. The maximum absolute atomic E-state index is 9.71. The molecule has 0 unspecified atom stereocenters. The van der Waals surface area contributed by atoms with Gasteiger partial charge in [0.2, 0.25) is 0 Å². The predicted octanol–water partition coefficient (Wildman–Crippen LogP) is -0.596. The van der Waals surface area contributed by atoms with E-state index in [9.17, 15) is 4.79 Å². The van der Waals surface area contributed by atoms with Gasteiger partial charge >= 0.3 is 0 Å². The number of carbonyl (C=O) groups is 1. The largest absolute Gasteiger partial charge is 0.338 e. The first kappa shape index (κ1) is 5.03. The molecular weight excluding hydrogens is 78.0 g/mol. The molecule has 0 aromatic heterocycles. The first-order valence-corrected chi connectivity index (χ1v) is 1.28. The summed E-state index contributed by atoms with van der Waals surface area (Å²) >= 11 is 0. The summed E-state index contributed by atoms with van der Waals surface area (Å²) in [4.78, 5) is 9.71. The Balaban J connectivity index is 3.33. The second-order valence-electron chi connectivity index (χ2n) is 0.618. The van der Waals surface area contributed by atoms with E-state index in [4.69, 9.17) is 0 Å². The van der Waals surface area contributed by atoms with E-state index < -0.39 is 5.91 Å². The third-order valence-corrected chi connectivity index (χ3v) is 0.262. The second-order valence-corrected chi connectivity index (χ2v) is 0.618. The molecule has 6 heavy (non-hydrogen) atoms. The van der Waals surface area contributed by atoms with Crippen LogP contribution in [0.3, 0.4) is 0 Å². The average molecular weight is 81.1 g/mol. The van der Waals surface area contributed by atoms with Gasteiger partial charge in [0.25, 0.3) is 5.91 Å². The summed E-state index contributed by atoms with van der Waals surface area (Å²) in [5.74, 6) is 1.14. The zero-order chi connectivity index (χ0) is 4.99. The van der Waals surface area contributed by atoms with Crippen molar-refractivity contribution >= 4 is 5.91 Å². The van der Waals surface area contributed by atoms with Gasteiger partial charge < -0.3 is 5.32 Å². The zero-order valence-electron chi connectivity index (χ0n) is 3.06. The molecule has 0 aliphatic heterocycles. The van der Waals surface area contributed by atoms with Gasteiger partial charge in [-0.3, -0.25) is 4.79 Å². The first-order valence-electron chi connectivity index (χ1n) is 1.28. The third kappa shape index (κ3) is 1.36. The monoisotopic (exact) mass is 81.0 g/mol. The van der Waals surface area contributed by atoms with E-state index in [2.05, 4.69) is 13.5 Å². The number of terminal acetylenes is 1. The number of nitrogens with one attached hydrogen (secondary N) is 1. The maximum Gasteiger partial charge on any atom is 0.295 e. The van der Waals surface area contributed by atoms with Gasteiger partial charge in [0, 0.05) is 0 Å². The van der Waals surface area contributed by atoms with E-state index in [-0.39, 0.29) is 0 Å². The Morgan fingerprint density at radius 1 is 1.83 bits per heavy atom. The highest BCUT2D eigenvalue weighted by molar-refractivity contribution is 5.92. The molecule has 2 nitrogen and oxygen atoms in total. The molecule has 2 radical (unpaired) electrons. The number of amides is 1. The Kier molecular flexibility index (Phi) is 1.91. The van der Waals surface area contributed by atoms with Crippen molar-refractivity contribution in [3.8, 4) is 12.3 Å². The minimum atomic E-state index is -0.602. The highest BCUT2D eigenvalue weighted by Gasteiger charge is 1.80. The van der Waals surface area contributed by atoms with Crippen LogP contribution >= 0.6 is 0 Å². The van der Waals surface area contributed by atoms with Crippen molar-refractivity contribution in [1.29, 1.82) is 0 Å². The fraction of sp³-hybridized carbons (Fsp3) is 0. The predicted molar refractivity (Wildman–Crippen MR) is 21.3 cm³/mol. The van der Waals surface area contributed by atoms with Gasteiger partial charge in [-0.2, -0.15) is 0 Å². The minimum absolute atomic E-state index is 0.602. The summed E-state index contributed by atoms with van der Waals surface area (Å²) in [6, 6.07) is 0. The van der Waals surface area contributed by atoms with Crippen molar-refractivity contribution in [2.45, 2.75) is 0 Å². The molecule has 0 saturated heterocycles. The molecular formula is C4H3NO. The molecule has 0 aliphatic carbocycles. The van der Waals surface area contributed by atoms with Gasteiger partial charge in [0.1, 0.15) is 0 Å². The molecule has 0 heterocycles. The topological polar surface area (TPSA) is 29.1 Å². The lowest BCUT2D eigenvalue weighted by Crippen LogP contribution is -2.11. The summed E-state index contributed by atoms with van der Waals surface area (Å²) in [6.07, 6.45) is 4.54. The Hall–Kier alpha value is -0.970. The summed E-state index contributed by atoms with van der Waals surface area (Å²) in [6.45, 7) is 0. The van der Waals surface area contributed by atoms with Crippen LogP contribution < -0.4 is 5.32 Å². The van der Waals surface area contributed by atoms with Crippen LogP contribution in [0.4, 0.5) is 0 Å². The van der Waals surface area contributed by atoms with Crippen molar-refractivity contribution in [3.05, 3.63) is 7.05 Å². The van der Waals surface area contributed by atoms with Crippen LogP contribution in [-0.2, 0) is 4.79 Å². The van der Waals surface area contributed by atoms with E-state index in [1.807, 2.05) is 0 Å². The van der Waals surface area contributed by atoms with Crippen LogP contribution in [0.5, 0.6) is 0 Å². The van der Waals surface area contributed by atoms with Crippen LogP contribution in [0.25, 0.3) is 0 Å². The number of rotatable bonds is 0. The van der Waals surface area contributed by atoms with Crippen molar-refractivity contribution in [3.63, 3.8) is 0 Å². The molecule has 0 rings (SSSR count). The normalized spacial score (nSPS) is 6.00. The lowest BCUT2D eigenvalue weighted by Gasteiger charge is -1.78. The first-order chi connectivity index (χ1) is 2.81. The lowest BCUT2D eigenvalue weighted by molar-refractivity contribution is -0.114. The Morgan fingerprint density at radius 3 is 2.33 bits per heavy atom. The van der Waals surface area contributed by atoms with Crippen molar-refractivity contribution < 1.29 is 4.79 Å². The summed E-state index contributed by atoms with van der Waals surface area (Å²) < 4.78 is 0. The molecule has 0 aromatic rings. The maximum atomic E-state index is 9.71. The highest BCUT2D eigenvalue weighted by atomic mass is 16.1. The number of hydrogen-bond donors (Lipinski definition) is 1. The molecule has 30 valence electrons. The van der Waals surface area contributed by atoms with Crippen LogP contribution in [0.1, 0.15) is 0 Å². The molecule has 0 atom stereocenters. The van der Waals surface area contributed by atoms with Crippen LogP contribution in [0.2, 0.25) is 0 Å². The van der Waals surface area contributed by atoms with Crippen molar-refractivity contribution in [2.24, 2.45) is 0 Å². The smallest absolute Gasteiger partial charge is 0.295 e. The quantitative estimate of drug-likeness (QED) is 0.306. The Bertz CT molecular complexity index is 90.2. The van der Waals surface area contributed by atoms with E-state index in [1.54, 1.807) is 11.2 Å². The van der Waals surface area contributed by atoms with Crippen molar-refractivity contribution in [1.82, 2.24) is 5.32 Å². The molecule has 1 N–H and O–H groups in total. The van der Waals surface area contributed by atoms with E-state index in [1.165, 1.54) is 0 Å². The van der Waals surface area contributed by atoms with Crippen LogP contribution in [0, 0.1) is 19.4 Å². The van der Waals surface area contributed by atoms with Gasteiger partial charge in [0.15, 0.2) is 0 Å².